The number of aromatic nitrogens is 3. The van der Waals surface area contributed by atoms with E-state index >= 15 is 0 Å². The highest BCUT2D eigenvalue weighted by Crippen LogP contribution is 2.58. The Morgan fingerprint density at radius 1 is 0.618 bits per heavy atom. The molecule has 0 radical (unpaired) electrons. The van der Waals surface area contributed by atoms with Crippen molar-refractivity contribution in [3.63, 3.8) is 0 Å². The summed E-state index contributed by atoms with van der Waals surface area (Å²) in [6.45, 7) is 0. The van der Waals surface area contributed by atoms with Crippen molar-refractivity contribution >= 4 is 28.1 Å². The molecule has 7 aromatic rings. The van der Waals surface area contributed by atoms with Crippen LogP contribution in [0.25, 0.3) is 61.4 Å². The third-order valence-electron chi connectivity index (χ3n) is 12.3. The summed E-state index contributed by atoms with van der Waals surface area (Å²) < 4.78 is 0. The molecule has 2 heterocycles. The maximum atomic E-state index is 9.84. The second kappa shape index (κ2) is 12.8. The molecule has 262 valence electrons. The predicted molar refractivity (Wildman–Crippen MR) is 223 cm³/mol. The van der Waals surface area contributed by atoms with Gasteiger partial charge in [0.1, 0.15) is 0 Å². The number of rotatable bonds is 4. The Morgan fingerprint density at radius 3 is 2.22 bits per heavy atom. The number of allylic oxidation sites excluding steroid dienone is 4. The van der Waals surface area contributed by atoms with Gasteiger partial charge in [-0.1, -0.05) is 140 Å². The summed E-state index contributed by atoms with van der Waals surface area (Å²) in [5.41, 5.74) is 12.9. The third kappa shape index (κ3) is 5.23. The number of nitrogens with zero attached hydrogens (tertiary/aromatic N) is 4. The second-order valence-corrected chi connectivity index (χ2v) is 16.4. The summed E-state index contributed by atoms with van der Waals surface area (Å²) in [7, 11) is 0. The molecule has 1 aliphatic heterocycles. The van der Waals surface area contributed by atoms with Gasteiger partial charge in [-0.25, -0.2) is 15.0 Å². The van der Waals surface area contributed by atoms with Crippen LogP contribution in [-0.2, 0) is 5.41 Å². The van der Waals surface area contributed by atoms with Gasteiger partial charge in [-0.15, -0.1) is 0 Å². The van der Waals surface area contributed by atoms with Crippen LogP contribution >= 0.6 is 11.8 Å². The third-order valence-corrected chi connectivity index (χ3v) is 13.5. The molecule has 0 bridgehead atoms. The van der Waals surface area contributed by atoms with Gasteiger partial charge in [0.15, 0.2) is 17.5 Å². The van der Waals surface area contributed by atoms with Crippen LogP contribution < -0.4 is 0 Å². The van der Waals surface area contributed by atoms with E-state index < -0.39 is 0 Å². The van der Waals surface area contributed by atoms with Crippen molar-refractivity contribution in [1.29, 1.82) is 5.26 Å². The summed E-state index contributed by atoms with van der Waals surface area (Å²) in [6.07, 6.45) is 11.5. The molecule has 4 nitrogen and oxygen atoms in total. The average Bonchev–Trinajstić information content (AvgIpc) is 3.76. The fourth-order valence-corrected chi connectivity index (χ4v) is 10.9. The molecule has 11 rings (SSSR count). The lowest BCUT2D eigenvalue weighted by molar-refractivity contribution is 0.353. The van der Waals surface area contributed by atoms with Crippen molar-refractivity contribution in [2.75, 3.05) is 0 Å². The van der Waals surface area contributed by atoms with E-state index in [0.717, 1.165) is 52.5 Å². The summed E-state index contributed by atoms with van der Waals surface area (Å²) in [6, 6.07) is 48.0. The molecule has 4 aliphatic rings. The van der Waals surface area contributed by atoms with Gasteiger partial charge in [0.25, 0.3) is 0 Å². The van der Waals surface area contributed by atoms with Gasteiger partial charge in [-0.2, -0.15) is 5.26 Å². The van der Waals surface area contributed by atoms with E-state index in [1.54, 1.807) is 0 Å². The van der Waals surface area contributed by atoms with Crippen LogP contribution in [0.2, 0.25) is 0 Å². The van der Waals surface area contributed by atoms with E-state index in [2.05, 4.69) is 140 Å². The lowest BCUT2D eigenvalue weighted by Gasteiger charge is -2.36. The van der Waals surface area contributed by atoms with Gasteiger partial charge in [0.2, 0.25) is 0 Å². The molecule has 1 saturated carbocycles. The molecule has 55 heavy (non-hydrogen) atoms. The maximum absolute atomic E-state index is 9.84. The highest BCUT2D eigenvalue weighted by atomic mass is 32.2. The van der Waals surface area contributed by atoms with Crippen molar-refractivity contribution in [3.05, 3.63) is 173 Å². The number of nitriles is 1. The SMILES string of the molecule is N#Cc1ccc2c(c1)C1(CCCCC1)c1cccc(-c3ccc(-c4nc(C5=CCC6C(=C5)Sc5ccccc56)nc(-c5ccc6ccccc6c5)n4)cc3)c1-2. The maximum Gasteiger partial charge on any atom is 0.164 e. The van der Waals surface area contributed by atoms with E-state index in [4.69, 9.17) is 15.0 Å². The van der Waals surface area contributed by atoms with Crippen LogP contribution in [0.1, 0.15) is 72.5 Å². The fraction of sp³-hybridized carbons (Fsp3) is 0.160. The minimum absolute atomic E-state index is 0.0188. The summed E-state index contributed by atoms with van der Waals surface area (Å²) in [5.74, 6) is 2.43. The van der Waals surface area contributed by atoms with Gasteiger partial charge < -0.3 is 0 Å². The Balaban J connectivity index is 1.01. The minimum atomic E-state index is -0.0188. The van der Waals surface area contributed by atoms with Gasteiger partial charge in [-0.05, 0) is 104 Å². The van der Waals surface area contributed by atoms with Crippen molar-refractivity contribution in [1.82, 2.24) is 15.0 Å². The summed E-state index contributed by atoms with van der Waals surface area (Å²) >= 11 is 1.87. The topological polar surface area (TPSA) is 62.5 Å². The van der Waals surface area contributed by atoms with Gasteiger partial charge in [0.05, 0.1) is 11.6 Å². The largest absolute Gasteiger partial charge is 0.208 e. The highest BCUT2D eigenvalue weighted by Gasteiger charge is 2.44. The zero-order chi connectivity index (χ0) is 36.5. The Hall–Kier alpha value is -6.09. The zero-order valence-electron chi connectivity index (χ0n) is 30.3. The lowest BCUT2D eigenvalue weighted by Crippen LogP contribution is -2.28. The molecule has 5 heteroatoms. The van der Waals surface area contributed by atoms with E-state index in [0.29, 0.717) is 23.4 Å². The van der Waals surface area contributed by atoms with Crippen LogP contribution in [0, 0.1) is 11.3 Å². The Bertz CT molecular complexity index is 2820. The first-order chi connectivity index (χ1) is 27.1. The molecule has 1 unspecified atom stereocenters. The molecule has 3 aliphatic carbocycles. The second-order valence-electron chi connectivity index (χ2n) is 15.3. The van der Waals surface area contributed by atoms with Crippen molar-refractivity contribution < 1.29 is 0 Å². The zero-order valence-corrected chi connectivity index (χ0v) is 31.1. The van der Waals surface area contributed by atoms with Crippen LogP contribution in [0.4, 0.5) is 0 Å². The quantitative estimate of drug-likeness (QED) is 0.181. The number of thioether (sulfide) groups is 1. The van der Waals surface area contributed by atoms with E-state index in [1.807, 2.05) is 17.8 Å². The summed E-state index contributed by atoms with van der Waals surface area (Å²) in [4.78, 5) is 18.1. The lowest BCUT2D eigenvalue weighted by atomic mass is 9.67. The average molecular weight is 725 g/mol. The van der Waals surface area contributed by atoms with Gasteiger partial charge in [-0.3, -0.25) is 0 Å². The van der Waals surface area contributed by atoms with E-state index in [9.17, 15) is 5.26 Å². The van der Waals surface area contributed by atoms with Crippen LogP contribution in [-0.4, -0.2) is 15.0 Å². The van der Waals surface area contributed by atoms with Crippen LogP contribution in [0.3, 0.4) is 0 Å². The van der Waals surface area contributed by atoms with Crippen LogP contribution in [0.15, 0.2) is 149 Å². The molecule has 1 spiro atoms. The first kappa shape index (κ1) is 32.3. The molecule has 0 saturated heterocycles. The first-order valence-electron chi connectivity index (χ1n) is 19.4. The molecule has 1 atom stereocenters. The molecular formula is C50H36N4S. The minimum Gasteiger partial charge on any atom is -0.208 e. The number of hydrogen-bond acceptors (Lipinski definition) is 5. The van der Waals surface area contributed by atoms with Crippen molar-refractivity contribution in [2.24, 2.45) is 0 Å². The van der Waals surface area contributed by atoms with E-state index in [1.165, 1.54) is 67.8 Å². The molecule has 1 aromatic heterocycles. The predicted octanol–water partition coefficient (Wildman–Crippen LogP) is 12.7. The molecule has 1 fully saturated rings. The smallest absolute Gasteiger partial charge is 0.164 e. The number of benzene rings is 6. The Kier molecular flexibility index (Phi) is 7.50. The summed E-state index contributed by atoms with van der Waals surface area (Å²) in [5, 5.41) is 12.2. The monoisotopic (exact) mass is 724 g/mol. The standard InChI is InChI=1S/C50H36N4S/c51-30-31-15-23-41-43(27-31)50(25-6-1-7-26-50)42-13-8-12-38(46(41)42)33-17-19-34(20-18-33)47-52-48(36-21-16-32-9-2-3-10-35(32)28-36)54-49(53-47)37-22-24-40-39-11-4-5-14-44(39)55-45(40)29-37/h2-5,8-23,27-29,40H,1,6-7,24-26H2. The number of fused-ring (bicyclic) bond motifs is 9. The van der Waals surface area contributed by atoms with Crippen molar-refractivity contribution in [3.8, 4) is 51.1 Å². The normalized spacial score (nSPS) is 17.5. The van der Waals surface area contributed by atoms with Crippen molar-refractivity contribution in [2.45, 2.75) is 54.8 Å². The Morgan fingerprint density at radius 2 is 1.36 bits per heavy atom. The van der Waals surface area contributed by atoms with Crippen LogP contribution in [0.5, 0.6) is 0 Å². The first-order valence-corrected chi connectivity index (χ1v) is 20.2. The van der Waals surface area contributed by atoms with E-state index in [-0.39, 0.29) is 5.41 Å². The molecule has 0 amide bonds. The number of hydrogen-bond donors (Lipinski definition) is 0. The van der Waals surface area contributed by atoms with Gasteiger partial charge >= 0.3 is 0 Å². The Labute approximate surface area is 325 Å². The fourth-order valence-electron chi connectivity index (χ4n) is 9.64. The van der Waals surface area contributed by atoms with Gasteiger partial charge in [0, 0.05) is 32.9 Å². The molecule has 6 aromatic carbocycles. The highest BCUT2D eigenvalue weighted by molar-refractivity contribution is 8.03. The molecule has 0 N–H and O–H groups in total. The molecular weight excluding hydrogens is 689 g/mol.